The highest BCUT2D eigenvalue weighted by Crippen LogP contribution is 2.10. The fraction of sp³-hybridized carbons (Fsp3) is 0.842. The molecule has 0 aliphatic carbocycles. The van der Waals surface area contributed by atoms with Crippen LogP contribution in [0.1, 0.15) is 77.0 Å². The summed E-state index contributed by atoms with van der Waals surface area (Å²) in [5.74, 6) is -0.341. The molecule has 5 nitrogen and oxygen atoms in total. The van der Waals surface area contributed by atoms with Gasteiger partial charge in [-0.2, -0.15) is 0 Å². The third-order valence-corrected chi connectivity index (χ3v) is 3.90. The monoisotopic (exact) mass is 344 g/mol. The minimum Gasteiger partial charge on any atom is -0.457 e. The van der Waals surface area contributed by atoms with Gasteiger partial charge in [0.05, 0.1) is 13.2 Å². The zero-order valence-corrected chi connectivity index (χ0v) is 15.0. The van der Waals surface area contributed by atoms with Crippen molar-refractivity contribution in [3.63, 3.8) is 0 Å². The summed E-state index contributed by atoms with van der Waals surface area (Å²) in [6.07, 6.45) is 16.1. The van der Waals surface area contributed by atoms with Crippen LogP contribution in [0.3, 0.4) is 0 Å². The van der Waals surface area contributed by atoms with Crippen LogP contribution in [0.4, 0.5) is 0 Å². The van der Waals surface area contributed by atoms with Crippen molar-refractivity contribution in [1.82, 2.24) is 0 Å². The Morgan fingerprint density at radius 1 is 0.750 bits per heavy atom. The molecule has 24 heavy (non-hydrogen) atoms. The summed E-state index contributed by atoms with van der Waals surface area (Å²) < 4.78 is 4.90. The molecule has 0 radical (unpaired) electrons. The summed E-state index contributed by atoms with van der Waals surface area (Å²) in [5, 5.41) is 26.3. The van der Waals surface area contributed by atoms with Gasteiger partial charge in [-0.3, -0.25) is 4.79 Å². The number of hydrogen-bond donors (Lipinski definition) is 3. The van der Waals surface area contributed by atoms with E-state index in [2.05, 4.69) is 12.2 Å². The second-order valence-electron chi connectivity index (χ2n) is 6.18. The summed E-state index contributed by atoms with van der Waals surface area (Å²) in [6.45, 7) is -0.366. The topological polar surface area (TPSA) is 87.0 Å². The van der Waals surface area contributed by atoms with Crippen LogP contribution in [0.5, 0.6) is 0 Å². The Morgan fingerprint density at radius 2 is 1.25 bits per heavy atom. The van der Waals surface area contributed by atoms with Crippen LogP contribution in [0.15, 0.2) is 12.2 Å². The summed E-state index contributed by atoms with van der Waals surface area (Å²) in [7, 11) is 0. The number of aliphatic hydroxyl groups excluding tert-OH is 3. The van der Waals surface area contributed by atoms with Crippen molar-refractivity contribution in [2.24, 2.45) is 0 Å². The van der Waals surface area contributed by atoms with E-state index in [4.69, 9.17) is 20.1 Å². The molecule has 0 aromatic heterocycles. The average molecular weight is 344 g/mol. The lowest BCUT2D eigenvalue weighted by atomic mass is 10.1. The van der Waals surface area contributed by atoms with Gasteiger partial charge < -0.3 is 20.1 Å². The maximum absolute atomic E-state index is 11.4. The number of esters is 1. The number of carbonyl (C=O) groups excluding carboxylic acids is 1. The van der Waals surface area contributed by atoms with Crippen molar-refractivity contribution >= 4 is 5.97 Å². The van der Waals surface area contributed by atoms with E-state index < -0.39 is 6.10 Å². The SMILES string of the molecule is O=C(CCCCCCCC/C=C\CCCCCO)OC(CO)CO. The van der Waals surface area contributed by atoms with E-state index in [9.17, 15) is 4.79 Å². The zero-order valence-electron chi connectivity index (χ0n) is 15.0. The Bertz CT molecular complexity index is 300. The predicted octanol–water partition coefficient (Wildman–Crippen LogP) is 3.11. The van der Waals surface area contributed by atoms with Gasteiger partial charge >= 0.3 is 5.97 Å². The highest BCUT2D eigenvalue weighted by molar-refractivity contribution is 5.69. The lowest BCUT2D eigenvalue weighted by Gasteiger charge is -2.12. The number of rotatable bonds is 17. The molecular formula is C19H36O5. The first-order chi connectivity index (χ1) is 11.7. The minimum absolute atomic E-state index is 0.302. The third kappa shape index (κ3) is 16.0. The number of unbranched alkanes of at least 4 members (excludes halogenated alkanes) is 9. The van der Waals surface area contributed by atoms with Gasteiger partial charge in [-0.25, -0.2) is 0 Å². The second-order valence-corrected chi connectivity index (χ2v) is 6.18. The van der Waals surface area contributed by atoms with E-state index in [1.807, 2.05) is 0 Å². The molecule has 0 saturated heterocycles. The smallest absolute Gasteiger partial charge is 0.306 e. The first kappa shape index (κ1) is 23.1. The van der Waals surface area contributed by atoms with Gasteiger partial charge in [-0.15, -0.1) is 0 Å². The third-order valence-electron chi connectivity index (χ3n) is 3.90. The Kier molecular flexibility index (Phi) is 17.7. The Labute approximate surface area is 146 Å². The minimum atomic E-state index is -0.778. The van der Waals surface area contributed by atoms with E-state index in [0.717, 1.165) is 51.4 Å². The van der Waals surface area contributed by atoms with Gasteiger partial charge in [0.15, 0.2) is 0 Å². The van der Waals surface area contributed by atoms with Crippen LogP contribution in [0, 0.1) is 0 Å². The largest absolute Gasteiger partial charge is 0.457 e. The molecule has 0 aromatic rings. The van der Waals surface area contributed by atoms with E-state index in [1.54, 1.807) is 0 Å². The molecular weight excluding hydrogens is 308 g/mol. The van der Waals surface area contributed by atoms with Crippen molar-refractivity contribution in [2.75, 3.05) is 19.8 Å². The van der Waals surface area contributed by atoms with Gasteiger partial charge in [0.25, 0.3) is 0 Å². The highest BCUT2D eigenvalue weighted by Gasteiger charge is 2.11. The summed E-state index contributed by atoms with van der Waals surface area (Å²) >= 11 is 0. The van der Waals surface area contributed by atoms with Gasteiger partial charge in [0, 0.05) is 13.0 Å². The molecule has 0 aliphatic heterocycles. The van der Waals surface area contributed by atoms with Crippen molar-refractivity contribution in [1.29, 1.82) is 0 Å². The van der Waals surface area contributed by atoms with Gasteiger partial charge in [-0.1, -0.05) is 44.3 Å². The summed E-state index contributed by atoms with van der Waals surface area (Å²) in [4.78, 5) is 11.4. The van der Waals surface area contributed by atoms with Crippen LogP contribution in [-0.2, 0) is 9.53 Å². The average Bonchev–Trinajstić information content (AvgIpc) is 2.60. The fourth-order valence-corrected chi connectivity index (χ4v) is 2.40. The molecule has 0 spiro atoms. The summed E-state index contributed by atoms with van der Waals surface area (Å²) in [5.41, 5.74) is 0. The number of carbonyl (C=O) groups is 1. The van der Waals surface area contributed by atoms with Crippen molar-refractivity contribution in [2.45, 2.75) is 83.2 Å². The maximum atomic E-state index is 11.4. The number of ether oxygens (including phenoxy) is 1. The van der Waals surface area contributed by atoms with Crippen LogP contribution in [0.25, 0.3) is 0 Å². The molecule has 0 rings (SSSR count). The van der Waals surface area contributed by atoms with Crippen LogP contribution >= 0.6 is 0 Å². The Hall–Kier alpha value is -0.910. The van der Waals surface area contributed by atoms with Gasteiger partial charge in [-0.05, 0) is 38.5 Å². The molecule has 0 unspecified atom stereocenters. The number of allylic oxidation sites excluding steroid dienone is 2. The number of aliphatic hydroxyl groups is 3. The first-order valence-electron chi connectivity index (χ1n) is 9.41. The fourth-order valence-electron chi connectivity index (χ4n) is 2.40. The molecule has 3 N–H and O–H groups in total. The summed E-state index contributed by atoms with van der Waals surface area (Å²) in [6, 6.07) is 0. The number of hydrogen-bond acceptors (Lipinski definition) is 5. The Balaban J connectivity index is 3.28. The van der Waals surface area contributed by atoms with Crippen molar-refractivity contribution in [3.05, 3.63) is 12.2 Å². The normalized spacial score (nSPS) is 11.5. The molecule has 142 valence electrons. The highest BCUT2D eigenvalue weighted by atomic mass is 16.6. The van der Waals surface area contributed by atoms with E-state index in [-0.39, 0.29) is 19.2 Å². The van der Waals surface area contributed by atoms with E-state index in [0.29, 0.717) is 13.0 Å². The first-order valence-corrected chi connectivity index (χ1v) is 9.41. The zero-order chi connectivity index (χ0) is 17.9. The van der Waals surface area contributed by atoms with Crippen molar-refractivity contribution in [3.8, 4) is 0 Å². The molecule has 0 amide bonds. The lowest BCUT2D eigenvalue weighted by Crippen LogP contribution is -2.25. The Morgan fingerprint density at radius 3 is 1.79 bits per heavy atom. The van der Waals surface area contributed by atoms with Crippen LogP contribution in [-0.4, -0.2) is 47.2 Å². The molecule has 0 fully saturated rings. The molecule has 0 aliphatic rings. The van der Waals surface area contributed by atoms with Crippen LogP contribution in [0.2, 0.25) is 0 Å². The second kappa shape index (κ2) is 18.4. The van der Waals surface area contributed by atoms with E-state index >= 15 is 0 Å². The molecule has 0 atom stereocenters. The molecule has 0 heterocycles. The maximum Gasteiger partial charge on any atom is 0.306 e. The molecule has 0 saturated carbocycles. The quantitative estimate of drug-likeness (QED) is 0.214. The van der Waals surface area contributed by atoms with Gasteiger partial charge in [0.1, 0.15) is 6.10 Å². The van der Waals surface area contributed by atoms with E-state index in [1.165, 1.54) is 19.3 Å². The molecule has 0 aromatic carbocycles. The van der Waals surface area contributed by atoms with Crippen molar-refractivity contribution < 1.29 is 24.9 Å². The predicted molar refractivity (Wildman–Crippen MR) is 95.7 cm³/mol. The van der Waals surface area contributed by atoms with Gasteiger partial charge in [0.2, 0.25) is 0 Å². The van der Waals surface area contributed by atoms with Crippen LogP contribution < -0.4 is 0 Å². The molecule has 5 heteroatoms. The standard InChI is InChI=1S/C19H36O5/c20-15-13-11-9-7-5-3-1-2-4-6-8-10-12-14-19(23)24-18(16-21)17-22/h3,5,18,20-22H,1-2,4,6-17H2/b5-3-. The molecule has 0 bridgehead atoms. The lowest BCUT2D eigenvalue weighted by molar-refractivity contribution is -0.153.